The molecule has 0 amide bonds. The van der Waals surface area contributed by atoms with Crippen molar-refractivity contribution in [1.29, 1.82) is 0 Å². The van der Waals surface area contributed by atoms with Crippen molar-refractivity contribution in [3.8, 4) is 0 Å². The smallest absolute Gasteiger partial charge is 0.0585 e. The molecule has 2 bridgehead atoms. The van der Waals surface area contributed by atoms with Gasteiger partial charge in [0.1, 0.15) is 0 Å². The Morgan fingerprint density at radius 3 is 2.27 bits per heavy atom. The van der Waals surface area contributed by atoms with Crippen LogP contribution in [0.1, 0.15) is 32.6 Å². The summed E-state index contributed by atoms with van der Waals surface area (Å²) in [5.41, 5.74) is 1.35. The van der Waals surface area contributed by atoms with Crippen LogP contribution in [0.2, 0.25) is 0 Å². The molecule has 0 aliphatic carbocycles. The first-order valence-corrected chi connectivity index (χ1v) is 4.56. The number of ether oxygens (including phenoxy) is 1. The number of rotatable bonds is 1. The zero-order valence-corrected chi connectivity index (χ0v) is 7.18. The molecule has 2 heterocycles. The van der Waals surface area contributed by atoms with Crippen LogP contribution in [0.15, 0.2) is 12.2 Å². The Hall–Kier alpha value is -0.300. The molecule has 0 radical (unpaired) electrons. The van der Waals surface area contributed by atoms with Crippen LogP contribution >= 0.6 is 0 Å². The van der Waals surface area contributed by atoms with E-state index >= 15 is 0 Å². The molecule has 1 nitrogen and oxygen atoms in total. The molecule has 1 heteroatoms. The number of hydrogen-bond acceptors (Lipinski definition) is 1. The molecule has 62 valence electrons. The van der Waals surface area contributed by atoms with E-state index in [0.717, 1.165) is 5.92 Å². The molecule has 2 atom stereocenters. The second-order valence-corrected chi connectivity index (χ2v) is 3.97. The molecular formula is C10H16O. The summed E-state index contributed by atoms with van der Waals surface area (Å²) >= 11 is 0. The van der Waals surface area contributed by atoms with Gasteiger partial charge in [-0.15, -0.1) is 0 Å². The highest BCUT2D eigenvalue weighted by Gasteiger charge is 2.34. The van der Waals surface area contributed by atoms with Gasteiger partial charge in [-0.2, -0.15) is 0 Å². The van der Waals surface area contributed by atoms with Gasteiger partial charge in [0.25, 0.3) is 0 Å². The molecule has 0 spiro atoms. The van der Waals surface area contributed by atoms with Crippen LogP contribution in [0.5, 0.6) is 0 Å². The lowest BCUT2D eigenvalue weighted by atomic mass is 9.90. The second kappa shape index (κ2) is 2.63. The maximum absolute atomic E-state index is 5.74. The predicted molar refractivity (Wildman–Crippen MR) is 45.4 cm³/mol. The summed E-state index contributed by atoms with van der Waals surface area (Å²) in [7, 11) is 0. The van der Waals surface area contributed by atoms with Gasteiger partial charge in [-0.25, -0.2) is 0 Å². The molecule has 11 heavy (non-hydrogen) atoms. The fraction of sp³-hybridized carbons (Fsp3) is 0.800. The Bertz CT molecular complexity index is 162. The molecule has 0 aromatic carbocycles. The summed E-state index contributed by atoms with van der Waals surface area (Å²) < 4.78 is 5.74. The summed E-state index contributed by atoms with van der Waals surface area (Å²) in [5.74, 6) is 0.751. The zero-order valence-electron chi connectivity index (χ0n) is 7.18. The topological polar surface area (TPSA) is 9.23 Å². The van der Waals surface area contributed by atoms with Gasteiger partial charge >= 0.3 is 0 Å². The maximum Gasteiger partial charge on any atom is 0.0585 e. The minimum Gasteiger partial charge on any atom is -0.375 e. The minimum absolute atomic E-state index is 0.565. The maximum atomic E-state index is 5.74. The fourth-order valence-corrected chi connectivity index (χ4v) is 2.26. The minimum atomic E-state index is 0.565. The SMILES string of the molecule is C=C(C)C1CC2CCC(C1)O2. The van der Waals surface area contributed by atoms with Crippen LogP contribution in [-0.4, -0.2) is 12.2 Å². The second-order valence-electron chi connectivity index (χ2n) is 3.97. The summed E-state index contributed by atoms with van der Waals surface area (Å²) in [6, 6.07) is 0. The highest BCUT2D eigenvalue weighted by molar-refractivity contribution is 5.01. The Morgan fingerprint density at radius 2 is 1.82 bits per heavy atom. The van der Waals surface area contributed by atoms with E-state index in [0.29, 0.717) is 12.2 Å². The fourth-order valence-electron chi connectivity index (χ4n) is 2.26. The highest BCUT2D eigenvalue weighted by atomic mass is 16.5. The molecule has 0 N–H and O–H groups in total. The van der Waals surface area contributed by atoms with Crippen LogP contribution in [0.25, 0.3) is 0 Å². The summed E-state index contributed by atoms with van der Waals surface area (Å²) in [6.45, 7) is 6.17. The molecule has 2 saturated heterocycles. The largest absolute Gasteiger partial charge is 0.375 e. The van der Waals surface area contributed by atoms with Crippen LogP contribution < -0.4 is 0 Å². The normalized spacial score (nSPS) is 42.5. The Labute approximate surface area is 68.4 Å². The lowest BCUT2D eigenvalue weighted by Gasteiger charge is -2.28. The molecule has 2 unspecified atom stereocenters. The Balaban J connectivity index is 2.02. The van der Waals surface area contributed by atoms with Crippen molar-refractivity contribution in [3.05, 3.63) is 12.2 Å². The summed E-state index contributed by atoms with van der Waals surface area (Å²) in [6.07, 6.45) is 6.16. The average Bonchev–Trinajstić information content (AvgIpc) is 2.30. The van der Waals surface area contributed by atoms with Crippen molar-refractivity contribution in [2.45, 2.75) is 44.8 Å². The number of fused-ring (bicyclic) bond motifs is 2. The molecule has 2 aliphatic heterocycles. The van der Waals surface area contributed by atoms with Crippen molar-refractivity contribution in [2.24, 2.45) is 5.92 Å². The Kier molecular flexibility index (Phi) is 1.76. The molecule has 2 rings (SSSR count). The van der Waals surface area contributed by atoms with E-state index in [-0.39, 0.29) is 0 Å². The quantitative estimate of drug-likeness (QED) is 0.525. The van der Waals surface area contributed by atoms with E-state index in [1.54, 1.807) is 0 Å². The third-order valence-electron chi connectivity index (χ3n) is 2.99. The first kappa shape index (κ1) is 7.35. The van der Waals surface area contributed by atoms with E-state index in [1.807, 2.05) is 0 Å². The van der Waals surface area contributed by atoms with Gasteiger partial charge in [0, 0.05) is 0 Å². The first-order valence-electron chi connectivity index (χ1n) is 4.56. The van der Waals surface area contributed by atoms with E-state index in [2.05, 4.69) is 13.5 Å². The summed E-state index contributed by atoms with van der Waals surface area (Å²) in [4.78, 5) is 0. The zero-order chi connectivity index (χ0) is 7.84. The standard InChI is InChI=1S/C10H16O/c1-7(2)8-5-9-3-4-10(6-8)11-9/h8-10H,1,3-6H2,2H3. The molecule has 0 aromatic rings. The third kappa shape index (κ3) is 1.34. The van der Waals surface area contributed by atoms with Crippen molar-refractivity contribution in [2.75, 3.05) is 0 Å². The number of allylic oxidation sites excluding steroid dienone is 1. The molecule has 0 saturated carbocycles. The average molecular weight is 152 g/mol. The third-order valence-corrected chi connectivity index (χ3v) is 2.99. The van der Waals surface area contributed by atoms with Crippen LogP contribution in [0.4, 0.5) is 0 Å². The van der Waals surface area contributed by atoms with E-state index in [1.165, 1.54) is 31.3 Å². The van der Waals surface area contributed by atoms with Gasteiger partial charge in [-0.05, 0) is 38.5 Å². The lowest BCUT2D eigenvalue weighted by molar-refractivity contribution is -0.0117. The van der Waals surface area contributed by atoms with Crippen molar-refractivity contribution in [3.63, 3.8) is 0 Å². The van der Waals surface area contributed by atoms with E-state index in [4.69, 9.17) is 4.74 Å². The monoisotopic (exact) mass is 152 g/mol. The van der Waals surface area contributed by atoms with Crippen LogP contribution in [0.3, 0.4) is 0 Å². The van der Waals surface area contributed by atoms with E-state index in [9.17, 15) is 0 Å². The van der Waals surface area contributed by atoms with Crippen molar-refractivity contribution in [1.82, 2.24) is 0 Å². The first-order chi connectivity index (χ1) is 5.25. The van der Waals surface area contributed by atoms with Crippen LogP contribution in [0, 0.1) is 5.92 Å². The van der Waals surface area contributed by atoms with Crippen molar-refractivity contribution < 1.29 is 4.74 Å². The van der Waals surface area contributed by atoms with Crippen LogP contribution in [-0.2, 0) is 4.74 Å². The summed E-state index contributed by atoms with van der Waals surface area (Å²) in [5, 5.41) is 0. The Morgan fingerprint density at radius 1 is 1.27 bits per heavy atom. The van der Waals surface area contributed by atoms with E-state index < -0.39 is 0 Å². The predicted octanol–water partition coefficient (Wildman–Crippen LogP) is 2.52. The number of hydrogen-bond donors (Lipinski definition) is 0. The van der Waals surface area contributed by atoms with Gasteiger partial charge in [-0.3, -0.25) is 0 Å². The molecule has 2 fully saturated rings. The van der Waals surface area contributed by atoms with Crippen molar-refractivity contribution >= 4 is 0 Å². The van der Waals surface area contributed by atoms with Gasteiger partial charge < -0.3 is 4.74 Å². The van der Waals surface area contributed by atoms with Gasteiger partial charge in [-0.1, -0.05) is 12.2 Å². The molecule has 2 aliphatic rings. The molecular weight excluding hydrogens is 136 g/mol. The lowest BCUT2D eigenvalue weighted by Crippen LogP contribution is -2.25. The van der Waals surface area contributed by atoms with Gasteiger partial charge in [0.15, 0.2) is 0 Å². The highest BCUT2D eigenvalue weighted by Crippen LogP contribution is 2.38. The van der Waals surface area contributed by atoms with Gasteiger partial charge in [0.05, 0.1) is 12.2 Å². The van der Waals surface area contributed by atoms with Gasteiger partial charge in [0.2, 0.25) is 0 Å². The molecule has 0 aromatic heterocycles.